The minimum absolute atomic E-state index is 0.0119. The van der Waals surface area contributed by atoms with Crippen molar-refractivity contribution in [3.8, 4) is 5.75 Å². The molecule has 0 saturated carbocycles. The van der Waals surface area contributed by atoms with Crippen molar-refractivity contribution in [1.29, 1.82) is 0 Å². The summed E-state index contributed by atoms with van der Waals surface area (Å²) in [7, 11) is 0. The molecule has 2 rings (SSSR count). The zero-order valence-corrected chi connectivity index (χ0v) is 16.7. The Bertz CT molecular complexity index is 711. The van der Waals surface area contributed by atoms with Gasteiger partial charge in [0.1, 0.15) is 5.75 Å². The molecule has 0 atom stereocenters. The maximum atomic E-state index is 12.0. The van der Waals surface area contributed by atoms with Gasteiger partial charge in [-0.2, -0.15) is 0 Å². The SMILES string of the molecule is CC(C)Oc1cccc(CCCNC(=O)CCc2c(Cl)cccc2Cl)c1. The zero-order chi connectivity index (χ0) is 18.9. The lowest BCUT2D eigenvalue weighted by atomic mass is 10.1. The summed E-state index contributed by atoms with van der Waals surface area (Å²) < 4.78 is 5.70. The van der Waals surface area contributed by atoms with Crippen LogP contribution in [0.2, 0.25) is 10.0 Å². The molecule has 1 N–H and O–H groups in total. The van der Waals surface area contributed by atoms with Crippen molar-refractivity contribution in [1.82, 2.24) is 5.32 Å². The van der Waals surface area contributed by atoms with Crippen molar-refractivity contribution in [2.24, 2.45) is 0 Å². The standard InChI is InChI=1S/C21H25Cl2NO2/c1-15(2)26-17-8-3-6-16(14-17)7-5-13-24-21(25)12-11-18-19(22)9-4-10-20(18)23/h3-4,6,8-10,14-15H,5,7,11-13H2,1-2H3,(H,24,25). The summed E-state index contributed by atoms with van der Waals surface area (Å²) in [5, 5.41) is 4.16. The van der Waals surface area contributed by atoms with Crippen molar-refractivity contribution < 1.29 is 9.53 Å². The molecule has 0 aliphatic carbocycles. The van der Waals surface area contributed by atoms with Crippen LogP contribution in [0.5, 0.6) is 5.75 Å². The molecule has 0 aromatic heterocycles. The lowest BCUT2D eigenvalue weighted by Gasteiger charge is -2.11. The molecule has 0 bridgehead atoms. The summed E-state index contributed by atoms with van der Waals surface area (Å²) in [6.07, 6.45) is 2.85. The monoisotopic (exact) mass is 393 g/mol. The quantitative estimate of drug-likeness (QED) is 0.574. The lowest BCUT2D eigenvalue weighted by Crippen LogP contribution is -2.25. The molecule has 2 aromatic carbocycles. The van der Waals surface area contributed by atoms with E-state index in [-0.39, 0.29) is 12.0 Å². The van der Waals surface area contributed by atoms with Crippen molar-refractivity contribution >= 4 is 29.1 Å². The second kappa shape index (κ2) is 10.4. The minimum Gasteiger partial charge on any atom is -0.491 e. The third kappa shape index (κ3) is 6.89. The Kier molecular flexibility index (Phi) is 8.27. The van der Waals surface area contributed by atoms with Gasteiger partial charge in [-0.1, -0.05) is 41.4 Å². The Labute approximate surface area is 165 Å². The smallest absolute Gasteiger partial charge is 0.220 e. The summed E-state index contributed by atoms with van der Waals surface area (Å²) in [5.41, 5.74) is 2.04. The van der Waals surface area contributed by atoms with Crippen LogP contribution in [0.15, 0.2) is 42.5 Å². The number of amides is 1. The highest BCUT2D eigenvalue weighted by Crippen LogP contribution is 2.25. The van der Waals surface area contributed by atoms with Crippen LogP contribution < -0.4 is 10.1 Å². The molecular weight excluding hydrogens is 369 g/mol. The van der Waals surface area contributed by atoms with Gasteiger partial charge < -0.3 is 10.1 Å². The van der Waals surface area contributed by atoms with E-state index in [1.54, 1.807) is 18.2 Å². The molecule has 0 aliphatic heterocycles. The number of carbonyl (C=O) groups excluding carboxylic acids is 1. The van der Waals surface area contributed by atoms with Crippen LogP contribution in [-0.2, 0) is 17.6 Å². The van der Waals surface area contributed by atoms with Gasteiger partial charge in [0.05, 0.1) is 6.10 Å². The van der Waals surface area contributed by atoms with Crippen molar-refractivity contribution in [2.45, 2.75) is 45.6 Å². The van der Waals surface area contributed by atoms with Gasteiger partial charge in [0.2, 0.25) is 5.91 Å². The van der Waals surface area contributed by atoms with Gasteiger partial charge >= 0.3 is 0 Å². The highest BCUT2D eigenvalue weighted by molar-refractivity contribution is 6.36. The van der Waals surface area contributed by atoms with Crippen LogP contribution in [-0.4, -0.2) is 18.6 Å². The predicted octanol–water partition coefficient (Wildman–Crippen LogP) is 5.46. The van der Waals surface area contributed by atoms with Crippen molar-refractivity contribution in [3.63, 3.8) is 0 Å². The van der Waals surface area contributed by atoms with Crippen molar-refractivity contribution in [2.75, 3.05) is 6.54 Å². The average Bonchev–Trinajstić information content (AvgIpc) is 2.58. The second-order valence-electron chi connectivity index (χ2n) is 6.47. The van der Waals surface area contributed by atoms with E-state index in [0.717, 1.165) is 24.2 Å². The first-order chi connectivity index (χ1) is 12.5. The number of halogens is 2. The number of benzene rings is 2. The fourth-order valence-electron chi connectivity index (χ4n) is 2.66. The van der Waals surface area contributed by atoms with E-state index < -0.39 is 0 Å². The van der Waals surface area contributed by atoms with E-state index in [2.05, 4.69) is 17.4 Å². The van der Waals surface area contributed by atoms with Gasteiger partial charge in [-0.05, 0) is 68.5 Å². The molecule has 0 radical (unpaired) electrons. The summed E-state index contributed by atoms with van der Waals surface area (Å²) in [6.45, 7) is 4.67. The maximum Gasteiger partial charge on any atom is 0.220 e. The van der Waals surface area contributed by atoms with Gasteiger partial charge in [0.15, 0.2) is 0 Å². The van der Waals surface area contributed by atoms with Gasteiger partial charge in [-0.15, -0.1) is 0 Å². The van der Waals surface area contributed by atoms with Gasteiger partial charge in [-0.3, -0.25) is 4.79 Å². The Morgan fingerprint density at radius 2 is 1.77 bits per heavy atom. The number of hydrogen-bond acceptors (Lipinski definition) is 2. The highest BCUT2D eigenvalue weighted by Gasteiger charge is 2.08. The molecule has 2 aromatic rings. The minimum atomic E-state index is 0.0119. The van der Waals surface area contributed by atoms with Gasteiger partial charge in [-0.25, -0.2) is 0 Å². The molecule has 0 aliphatic rings. The number of ether oxygens (including phenoxy) is 1. The number of hydrogen-bond donors (Lipinski definition) is 1. The molecular formula is C21H25Cl2NO2. The Morgan fingerprint density at radius 3 is 2.46 bits per heavy atom. The fraction of sp³-hybridized carbons (Fsp3) is 0.381. The van der Waals surface area contributed by atoms with Crippen molar-refractivity contribution in [3.05, 3.63) is 63.6 Å². The van der Waals surface area contributed by atoms with Crippen LogP contribution in [0.1, 0.15) is 37.8 Å². The number of rotatable bonds is 9. The molecule has 3 nitrogen and oxygen atoms in total. The molecule has 5 heteroatoms. The van der Waals surface area contributed by atoms with E-state index in [9.17, 15) is 4.79 Å². The van der Waals surface area contributed by atoms with E-state index in [0.29, 0.717) is 29.4 Å². The van der Waals surface area contributed by atoms with Crippen LogP contribution in [0, 0.1) is 0 Å². The molecule has 140 valence electrons. The molecule has 0 saturated heterocycles. The summed E-state index contributed by atoms with van der Waals surface area (Å²) in [5.74, 6) is 0.899. The van der Waals surface area contributed by atoms with Crippen LogP contribution in [0.25, 0.3) is 0 Å². The van der Waals surface area contributed by atoms with E-state index >= 15 is 0 Å². The van der Waals surface area contributed by atoms with Crippen LogP contribution in [0.3, 0.4) is 0 Å². The normalized spacial score (nSPS) is 10.8. The third-order valence-electron chi connectivity index (χ3n) is 3.90. The molecule has 0 unspecified atom stereocenters. The Morgan fingerprint density at radius 1 is 1.08 bits per heavy atom. The second-order valence-corrected chi connectivity index (χ2v) is 7.28. The van der Waals surface area contributed by atoms with Gasteiger partial charge in [0.25, 0.3) is 0 Å². The topological polar surface area (TPSA) is 38.3 Å². The average molecular weight is 394 g/mol. The van der Waals surface area contributed by atoms with E-state index in [1.165, 1.54) is 5.56 Å². The number of nitrogens with one attached hydrogen (secondary N) is 1. The first kappa shape index (κ1) is 20.6. The molecule has 0 heterocycles. The van der Waals surface area contributed by atoms with Gasteiger partial charge in [0, 0.05) is 23.0 Å². The Balaban J connectivity index is 1.70. The largest absolute Gasteiger partial charge is 0.491 e. The third-order valence-corrected chi connectivity index (χ3v) is 4.61. The molecule has 0 fully saturated rings. The molecule has 1 amide bonds. The predicted molar refractivity (Wildman–Crippen MR) is 108 cm³/mol. The molecule has 0 spiro atoms. The zero-order valence-electron chi connectivity index (χ0n) is 15.2. The summed E-state index contributed by atoms with van der Waals surface area (Å²) >= 11 is 12.3. The summed E-state index contributed by atoms with van der Waals surface area (Å²) in [4.78, 5) is 12.0. The van der Waals surface area contributed by atoms with E-state index in [1.807, 2.05) is 26.0 Å². The van der Waals surface area contributed by atoms with E-state index in [4.69, 9.17) is 27.9 Å². The summed E-state index contributed by atoms with van der Waals surface area (Å²) in [6, 6.07) is 13.5. The first-order valence-corrected chi connectivity index (χ1v) is 9.66. The number of carbonyl (C=O) groups is 1. The number of aryl methyl sites for hydroxylation is 1. The van der Waals surface area contributed by atoms with Crippen LogP contribution >= 0.6 is 23.2 Å². The first-order valence-electron chi connectivity index (χ1n) is 8.91. The maximum absolute atomic E-state index is 12.0. The lowest BCUT2D eigenvalue weighted by molar-refractivity contribution is -0.121. The van der Waals surface area contributed by atoms with Crippen LogP contribution in [0.4, 0.5) is 0 Å². The molecule has 26 heavy (non-hydrogen) atoms. The highest BCUT2D eigenvalue weighted by atomic mass is 35.5. The Hall–Kier alpha value is -1.71. The fourth-order valence-corrected chi connectivity index (χ4v) is 3.25.